The third-order valence-corrected chi connectivity index (χ3v) is 7.83. The van der Waals surface area contributed by atoms with Crippen molar-refractivity contribution in [3.8, 4) is 10.6 Å². The minimum Gasteiger partial charge on any atom is -0.450 e. The van der Waals surface area contributed by atoms with Crippen LogP contribution in [0.4, 0.5) is 0 Å². The summed E-state index contributed by atoms with van der Waals surface area (Å²) in [6, 6.07) is 31.2. The van der Waals surface area contributed by atoms with Crippen molar-refractivity contribution >= 4 is 48.7 Å². The highest BCUT2D eigenvalue weighted by molar-refractivity contribution is 7.50. The lowest BCUT2D eigenvalue weighted by atomic mass is 10.1. The number of carbonyl (C=O) groups excluding carboxylic acids is 2. The van der Waals surface area contributed by atoms with Gasteiger partial charge in [-0.2, -0.15) is 0 Å². The van der Waals surface area contributed by atoms with Crippen LogP contribution in [0, 0.1) is 0 Å². The number of ether oxygens (including phenoxy) is 2. The average molecular weight is 466 g/mol. The van der Waals surface area contributed by atoms with E-state index in [1.807, 2.05) is 12.1 Å². The van der Waals surface area contributed by atoms with Crippen molar-refractivity contribution in [2.45, 2.75) is 0 Å². The van der Waals surface area contributed by atoms with Crippen LogP contribution in [0.3, 0.4) is 0 Å². The Morgan fingerprint density at radius 1 is 0.765 bits per heavy atom. The van der Waals surface area contributed by atoms with Gasteiger partial charge in [0.05, 0.1) is 5.56 Å². The molecule has 1 aromatic heterocycles. The maximum atomic E-state index is 12.2. The first-order valence-electron chi connectivity index (χ1n) is 10.8. The van der Waals surface area contributed by atoms with Gasteiger partial charge in [-0.15, -0.1) is 0 Å². The summed E-state index contributed by atoms with van der Waals surface area (Å²) < 4.78 is 13.0. The molecule has 5 heteroatoms. The van der Waals surface area contributed by atoms with Crippen LogP contribution < -0.4 is 4.74 Å². The molecule has 0 N–H and O–H groups in total. The summed E-state index contributed by atoms with van der Waals surface area (Å²) in [6.45, 7) is 3.21. The van der Waals surface area contributed by atoms with Gasteiger partial charge in [0.25, 0.3) is 0 Å². The molecule has 0 saturated carbocycles. The number of rotatable bonds is 6. The largest absolute Gasteiger partial charge is 0.450 e. The minimum absolute atomic E-state index is 0.211. The van der Waals surface area contributed by atoms with E-state index in [-0.39, 0.29) is 10.5 Å². The molecule has 0 radical (unpaired) electrons. The maximum Gasteiger partial charge on any atom is 0.349 e. The number of benzene rings is 4. The lowest BCUT2D eigenvalue weighted by Gasteiger charge is -2.06. The third kappa shape index (κ3) is 4.21. The van der Waals surface area contributed by atoms with Crippen LogP contribution in [-0.4, -0.2) is 18.5 Å². The predicted octanol–water partition coefficient (Wildman–Crippen LogP) is 7.14. The number of thiophene rings is 1. The summed E-state index contributed by atoms with van der Waals surface area (Å²) in [7, 11) is -0.211. The van der Waals surface area contributed by atoms with Gasteiger partial charge >= 0.3 is 11.9 Å². The molecule has 0 atom stereocenters. The van der Waals surface area contributed by atoms with Crippen molar-refractivity contribution in [1.29, 1.82) is 0 Å². The molecule has 0 saturated heterocycles. The maximum absolute atomic E-state index is 12.2. The van der Waals surface area contributed by atoms with E-state index < -0.39 is 18.5 Å². The fourth-order valence-electron chi connectivity index (χ4n) is 3.87. The first-order valence-corrected chi connectivity index (χ1v) is 12.0. The summed E-state index contributed by atoms with van der Waals surface area (Å²) in [5, 5.41) is 2.52. The van der Waals surface area contributed by atoms with Gasteiger partial charge < -0.3 is 9.47 Å². The number of hydrogen-bond acceptors (Lipinski definition) is 4. The SMILES string of the molecule is C=Cc1ccc(C(=O)OCC(=O)Oc2ccc(-[s+]3c4ccccc4c4ccccc43)cc2)cc1. The third-order valence-electron chi connectivity index (χ3n) is 5.50. The Morgan fingerprint density at radius 3 is 1.94 bits per heavy atom. The summed E-state index contributed by atoms with van der Waals surface area (Å²) in [5.41, 5.74) is 1.26. The zero-order valence-electron chi connectivity index (χ0n) is 18.3. The van der Waals surface area contributed by atoms with Gasteiger partial charge in [0.1, 0.15) is 5.75 Å². The number of fused-ring (bicyclic) bond motifs is 3. The van der Waals surface area contributed by atoms with E-state index in [1.54, 1.807) is 42.5 Å². The van der Waals surface area contributed by atoms with Crippen molar-refractivity contribution in [1.82, 2.24) is 0 Å². The van der Waals surface area contributed by atoms with Crippen LogP contribution in [0.15, 0.2) is 104 Å². The van der Waals surface area contributed by atoms with E-state index in [0.29, 0.717) is 11.3 Å². The Bertz CT molecular complexity index is 1460. The van der Waals surface area contributed by atoms with Crippen LogP contribution in [0.25, 0.3) is 31.1 Å². The van der Waals surface area contributed by atoms with Crippen LogP contribution in [-0.2, 0) is 9.53 Å². The standard InChI is InChI=1S/C29H21O4S/c1-2-20-11-13-21(14-12-20)29(31)32-19-28(30)33-22-15-17-23(18-16-22)34-26-9-5-3-7-24(26)25-8-4-6-10-27(25)34/h2-18H,1,19H2/q+1. The smallest absolute Gasteiger partial charge is 0.349 e. The monoisotopic (exact) mass is 465 g/mol. The molecule has 5 aromatic rings. The van der Waals surface area contributed by atoms with Gasteiger partial charge in [0, 0.05) is 33.4 Å². The molecule has 0 fully saturated rings. The van der Waals surface area contributed by atoms with Crippen molar-refractivity contribution < 1.29 is 19.1 Å². The number of esters is 2. The van der Waals surface area contributed by atoms with Crippen LogP contribution in [0.2, 0.25) is 0 Å². The molecule has 4 aromatic carbocycles. The molecule has 0 spiro atoms. The molecule has 1 heterocycles. The molecule has 4 nitrogen and oxygen atoms in total. The molecule has 0 aliphatic carbocycles. The Balaban J connectivity index is 1.29. The fraction of sp³-hybridized carbons (Fsp3) is 0.0345. The molecule has 0 aliphatic rings. The summed E-state index contributed by atoms with van der Waals surface area (Å²) >= 11 is 0. The van der Waals surface area contributed by atoms with E-state index in [1.165, 1.54) is 20.2 Å². The van der Waals surface area contributed by atoms with Crippen molar-refractivity contribution in [2.24, 2.45) is 0 Å². The van der Waals surface area contributed by atoms with Gasteiger partial charge in [-0.1, -0.05) is 49.1 Å². The zero-order chi connectivity index (χ0) is 23.5. The average Bonchev–Trinajstić information content (AvgIpc) is 3.22. The Morgan fingerprint density at radius 2 is 1.35 bits per heavy atom. The normalized spacial score (nSPS) is 10.8. The molecule has 0 bridgehead atoms. The summed E-state index contributed by atoms with van der Waals surface area (Å²) in [5.74, 6) is -0.810. The highest BCUT2D eigenvalue weighted by atomic mass is 32.2. The summed E-state index contributed by atoms with van der Waals surface area (Å²) in [4.78, 5) is 25.5. The van der Waals surface area contributed by atoms with Gasteiger partial charge in [-0.05, 0) is 54.1 Å². The van der Waals surface area contributed by atoms with E-state index >= 15 is 0 Å². The highest BCUT2D eigenvalue weighted by Crippen LogP contribution is 2.48. The highest BCUT2D eigenvalue weighted by Gasteiger charge is 2.23. The fourth-order valence-corrected chi connectivity index (χ4v) is 6.25. The predicted molar refractivity (Wildman–Crippen MR) is 138 cm³/mol. The van der Waals surface area contributed by atoms with E-state index in [2.05, 4.69) is 55.1 Å². The van der Waals surface area contributed by atoms with E-state index in [4.69, 9.17) is 9.47 Å². The molecule has 34 heavy (non-hydrogen) atoms. The first kappa shape index (κ1) is 21.6. The lowest BCUT2D eigenvalue weighted by molar-refractivity contribution is -0.137. The first-order chi connectivity index (χ1) is 16.6. The second kappa shape index (κ2) is 9.33. The topological polar surface area (TPSA) is 52.6 Å². The zero-order valence-corrected chi connectivity index (χ0v) is 19.1. The van der Waals surface area contributed by atoms with Crippen LogP contribution >= 0.6 is 10.5 Å². The Hall–Kier alpha value is -4.22. The van der Waals surface area contributed by atoms with Gasteiger partial charge in [0.2, 0.25) is 0 Å². The van der Waals surface area contributed by atoms with Gasteiger partial charge in [0.15, 0.2) is 20.9 Å². The molecule has 0 amide bonds. The van der Waals surface area contributed by atoms with Crippen molar-refractivity contribution in [3.63, 3.8) is 0 Å². The van der Waals surface area contributed by atoms with E-state index in [9.17, 15) is 9.59 Å². The molecular weight excluding hydrogens is 444 g/mol. The number of carbonyl (C=O) groups is 2. The second-order valence-electron chi connectivity index (χ2n) is 7.65. The van der Waals surface area contributed by atoms with Gasteiger partial charge in [-0.3, -0.25) is 0 Å². The van der Waals surface area contributed by atoms with Crippen LogP contribution in [0.1, 0.15) is 15.9 Å². The quantitative estimate of drug-likeness (QED) is 0.152. The van der Waals surface area contributed by atoms with E-state index in [0.717, 1.165) is 10.5 Å². The van der Waals surface area contributed by atoms with Gasteiger partial charge in [-0.25, -0.2) is 9.59 Å². The molecule has 0 unspecified atom stereocenters. The Kier molecular flexibility index (Phi) is 5.93. The number of hydrogen-bond donors (Lipinski definition) is 0. The van der Waals surface area contributed by atoms with Crippen molar-refractivity contribution in [2.75, 3.05) is 6.61 Å². The van der Waals surface area contributed by atoms with Crippen molar-refractivity contribution in [3.05, 3.63) is 115 Å². The molecule has 5 rings (SSSR count). The Labute approximate surface area is 199 Å². The molecular formula is C29H21O4S+. The second-order valence-corrected chi connectivity index (χ2v) is 9.61. The minimum atomic E-state index is -0.636. The summed E-state index contributed by atoms with van der Waals surface area (Å²) in [6.07, 6.45) is 1.68. The lowest BCUT2D eigenvalue weighted by Crippen LogP contribution is -2.18. The molecule has 166 valence electrons. The van der Waals surface area contributed by atoms with Crippen LogP contribution in [0.5, 0.6) is 5.75 Å². The molecule has 0 aliphatic heterocycles.